The van der Waals surface area contributed by atoms with Crippen LogP contribution in [-0.4, -0.2) is 29.6 Å². The normalized spacial score (nSPS) is 45.9. The van der Waals surface area contributed by atoms with E-state index in [1.54, 1.807) is 0 Å². The molecular formula is C21H30O4. The number of carbonyl (C=O) groups excluding carboxylic acids is 2. The van der Waals surface area contributed by atoms with E-state index in [-0.39, 0.29) is 35.3 Å². The highest BCUT2D eigenvalue weighted by Crippen LogP contribution is 2.65. The Kier molecular flexibility index (Phi) is 4.10. The lowest BCUT2D eigenvalue weighted by Crippen LogP contribution is -2.53. The number of ketones is 1. The van der Waals surface area contributed by atoms with E-state index in [4.69, 9.17) is 4.74 Å². The number of ether oxygens (including phenoxy) is 1. The lowest BCUT2D eigenvalue weighted by molar-refractivity contribution is -0.158. The van der Waals surface area contributed by atoms with Crippen LogP contribution in [0.25, 0.3) is 0 Å². The standard InChI is InChI=1S/C21H30O4/c1-13(23)25-19-6-5-17-16-4-3-14-11-15(24)7-10-21(14,12-22)18(16)8-9-20(17,19)2/h11,16-19,22H,3-10,12H2,1-2H3/t16-,17-,18+,19?,20-,21+/m0/s1. The van der Waals surface area contributed by atoms with Crippen molar-refractivity contribution in [2.24, 2.45) is 28.6 Å². The second-order valence-corrected chi connectivity index (χ2v) is 9.09. The number of aliphatic hydroxyl groups excluding tert-OH is 1. The van der Waals surface area contributed by atoms with Crippen LogP contribution < -0.4 is 0 Å². The second-order valence-electron chi connectivity index (χ2n) is 9.09. The average molecular weight is 346 g/mol. The molecule has 0 heterocycles. The minimum atomic E-state index is -0.169. The van der Waals surface area contributed by atoms with Crippen molar-refractivity contribution >= 4 is 11.8 Å². The Bertz CT molecular complexity index is 623. The molecule has 0 radical (unpaired) electrons. The van der Waals surface area contributed by atoms with Gasteiger partial charge in [0.25, 0.3) is 0 Å². The third kappa shape index (κ3) is 2.43. The van der Waals surface area contributed by atoms with Crippen LogP contribution in [0.4, 0.5) is 0 Å². The Morgan fingerprint density at radius 1 is 1.20 bits per heavy atom. The smallest absolute Gasteiger partial charge is 0.302 e. The molecule has 4 heteroatoms. The van der Waals surface area contributed by atoms with Crippen LogP contribution in [0.5, 0.6) is 0 Å². The number of rotatable bonds is 2. The Labute approximate surface area is 150 Å². The number of fused-ring (bicyclic) bond motifs is 5. The topological polar surface area (TPSA) is 63.6 Å². The van der Waals surface area contributed by atoms with Gasteiger partial charge in [-0.05, 0) is 68.8 Å². The number of esters is 1. The molecule has 0 aromatic rings. The molecule has 0 aliphatic heterocycles. The first-order valence-corrected chi connectivity index (χ1v) is 9.93. The summed E-state index contributed by atoms with van der Waals surface area (Å²) in [5, 5.41) is 10.4. The number of carbonyl (C=O) groups is 2. The van der Waals surface area contributed by atoms with Gasteiger partial charge in [-0.2, -0.15) is 0 Å². The summed E-state index contributed by atoms with van der Waals surface area (Å²) in [5.74, 6) is 1.68. The van der Waals surface area contributed by atoms with Crippen molar-refractivity contribution in [2.75, 3.05) is 6.61 Å². The number of hydrogen-bond acceptors (Lipinski definition) is 4. The van der Waals surface area contributed by atoms with E-state index >= 15 is 0 Å². The predicted molar refractivity (Wildman–Crippen MR) is 93.7 cm³/mol. The fraction of sp³-hybridized carbons (Fsp3) is 0.810. The van der Waals surface area contributed by atoms with Crippen molar-refractivity contribution in [3.05, 3.63) is 11.6 Å². The van der Waals surface area contributed by atoms with Crippen molar-refractivity contribution in [1.29, 1.82) is 0 Å². The summed E-state index contributed by atoms with van der Waals surface area (Å²) in [6.45, 7) is 4.00. The van der Waals surface area contributed by atoms with E-state index in [1.807, 2.05) is 6.08 Å². The second kappa shape index (κ2) is 5.94. The van der Waals surface area contributed by atoms with E-state index in [0.29, 0.717) is 24.2 Å². The van der Waals surface area contributed by atoms with Crippen molar-refractivity contribution in [2.45, 2.75) is 71.3 Å². The van der Waals surface area contributed by atoms with Gasteiger partial charge in [-0.1, -0.05) is 12.5 Å². The van der Waals surface area contributed by atoms with Gasteiger partial charge in [0, 0.05) is 24.2 Å². The zero-order valence-corrected chi connectivity index (χ0v) is 15.4. The lowest BCUT2D eigenvalue weighted by atomic mass is 9.47. The fourth-order valence-electron chi connectivity index (χ4n) is 7.00. The summed E-state index contributed by atoms with van der Waals surface area (Å²) in [4.78, 5) is 23.4. The molecule has 25 heavy (non-hydrogen) atoms. The molecule has 0 amide bonds. The first-order valence-electron chi connectivity index (χ1n) is 9.93. The summed E-state index contributed by atoms with van der Waals surface area (Å²) in [5.41, 5.74) is 1.12. The summed E-state index contributed by atoms with van der Waals surface area (Å²) < 4.78 is 5.69. The van der Waals surface area contributed by atoms with Gasteiger partial charge in [-0.15, -0.1) is 0 Å². The molecule has 1 unspecified atom stereocenters. The van der Waals surface area contributed by atoms with Crippen LogP contribution in [0.2, 0.25) is 0 Å². The number of aliphatic hydroxyl groups is 1. The van der Waals surface area contributed by atoms with Crippen LogP contribution in [0.1, 0.15) is 65.2 Å². The van der Waals surface area contributed by atoms with Gasteiger partial charge >= 0.3 is 5.97 Å². The molecule has 0 saturated heterocycles. The SMILES string of the molecule is CC(=O)OC1CC[C@H]2[C@@H]3CCC4=CC(=O)CC[C@]4(CO)[C@@H]3CC[C@]12C. The largest absolute Gasteiger partial charge is 0.462 e. The molecule has 4 aliphatic carbocycles. The van der Waals surface area contributed by atoms with E-state index in [1.165, 1.54) is 12.5 Å². The van der Waals surface area contributed by atoms with E-state index < -0.39 is 0 Å². The van der Waals surface area contributed by atoms with Crippen LogP contribution in [-0.2, 0) is 14.3 Å². The molecular weight excluding hydrogens is 316 g/mol. The van der Waals surface area contributed by atoms with Crippen LogP contribution in [0, 0.1) is 28.6 Å². The summed E-state index contributed by atoms with van der Waals surface area (Å²) >= 11 is 0. The Hall–Kier alpha value is -1.16. The van der Waals surface area contributed by atoms with Crippen LogP contribution >= 0.6 is 0 Å². The first-order chi connectivity index (χ1) is 11.9. The highest BCUT2D eigenvalue weighted by atomic mass is 16.5. The van der Waals surface area contributed by atoms with Gasteiger partial charge in [0.1, 0.15) is 6.10 Å². The average Bonchev–Trinajstić information content (AvgIpc) is 2.90. The maximum atomic E-state index is 11.9. The van der Waals surface area contributed by atoms with Crippen molar-refractivity contribution in [1.82, 2.24) is 0 Å². The van der Waals surface area contributed by atoms with E-state index in [9.17, 15) is 14.7 Å². The predicted octanol–water partition coefficient (Wildman–Crippen LogP) is 3.42. The summed E-state index contributed by atoms with van der Waals surface area (Å²) in [7, 11) is 0. The van der Waals surface area contributed by atoms with Gasteiger partial charge in [0.2, 0.25) is 0 Å². The van der Waals surface area contributed by atoms with Crippen molar-refractivity contribution in [3.8, 4) is 0 Å². The monoisotopic (exact) mass is 346 g/mol. The van der Waals surface area contributed by atoms with Crippen molar-refractivity contribution < 1.29 is 19.4 Å². The Morgan fingerprint density at radius 3 is 2.72 bits per heavy atom. The molecule has 6 atom stereocenters. The third-order valence-electron chi connectivity index (χ3n) is 8.19. The van der Waals surface area contributed by atoms with Gasteiger partial charge < -0.3 is 9.84 Å². The Balaban J connectivity index is 1.65. The maximum Gasteiger partial charge on any atom is 0.302 e. The van der Waals surface area contributed by atoms with Gasteiger partial charge in [0.15, 0.2) is 5.78 Å². The molecule has 138 valence electrons. The van der Waals surface area contributed by atoms with Crippen molar-refractivity contribution in [3.63, 3.8) is 0 Å². The lowest BCUT2D eigenvalue weighted by Gasteiger charge is -2.58. The maximum absolute atomic E-state index is 11.9. The minimum absolute atomic E-state index is 0.0471. The van der Waals surface area contributed by atoms with Gasteiger partial charge in [-0.25, -0.2) is 0 Å². The Morgan fingerprint density at radius 2 is 2.00 bits per heavy atom. The van der Waals surface area contributed by atoms with Crippen LogP contribution in [0.15, 0.2) is 11.6 Å². The van der Waals surface area contributed by atoms with E-state index in [0.717, 1.165) is 44.9 Å². The minimum Gasteiger partial charge on any atom is -0.462 e. The molecule has 4 rings (SSSR count). The molecule has 4 aliphatic rings. The highest BCUT2D eigenvalue weighted by Gasteiger charge is 2.60. The molecule has 1 N–H and O–H groups in total. The molecule has 0 aromatic heterocycles. The fourth-order valence-corrected chi connectivity index (χ4v) is 7.00. The molecule has 0 aromatic carbocycles. The first kappa shape index (κ1) is 17.3. The van der Waals surface area contributed by atoms with Gasteiger partial charge in [0.05, 0.1) is 6.61 Å². The zero-order chi connectivity index (χ0) is 17.8. The quantitative estimate of drug-likeness (QED) is 0.778. The zero-order valence-electron chi connectivity index (χ0n) is 15.4. The molecule has 0 spiro atoms. The third-order valence-corrected chi connectivity index (χ3v) is 8.19. The molecule has 3 fully saturated rings. The molecule has 0 bridgehead atoms. The molecule has 4 nitrogen and oxygen atoms in total. The van der Waals surface area contributed by atoms with E-state index in [2.05, 4.69) is 6.92 Å². The summed E-state index contributed by atoms with van der Waals surface area (Å²) in [6.07, 6.45) is 9.55. The van der Waals surface area contributed by atoms with Crippen LogP contribution in [0.3, 0.4) is 0 Å². The van der Waals surface area contributed by atoms with Gasteiger partial charge in [-0.3, -0.25) is 9.59 Å². The molecule has 3 saturated carbocycles. The highest BCUT2D eigenvalue weighted by molar-refractivity contribution is 5.91. The summed E-state index contributed by atoms with van der Waals surface area (Å²) in [6, 6.07) is 0. The number of hydrogen-bond donors (Lipinski definition) is 1.